The lowest BCUT2D eigenvalue weighted by atomic mass is 10.1. The lowest BCUT2D eigenvalue weighted by Crippen LogP contribution is -2.29. The minimum Gasteiger partial charge on any atom is -0.344 e. The number of benzene rings is 2. The molecule has 0 radical (unpaired) electrons. The number of nitrogens with zero attached hydrogens (tertiary/aromatic N) is 3. The number of nitro groups is 1. The number of carbonyl (C=O) groups excluding carboxylic acids is 1. The number of aryl methyl sites for hydroxylation is 1. The fourth-order valence-electron chi connectivity index (χ4n) is 3.22. The highest BCUT2D eigenvalue weighted by Gasteiger charge is 2.18. The Balaban J connectivity index is 1.49. The highest BCUT2D eigenvalue weighted by Crippen LogP contribution is 2.26. The van der Waals surface area contributed by atoms with Gasteiger partial charge in [0.05, 0.1) is 29.2 Å². The predicted molar refractivity (Wildman–Crippen MR) is 112 cm³/mol. The Morgan fingerprint density at radius 3 is 2.73 bits per heavy atom. The summed E-state index contributed by atoms with van der Waals surface area (Å²) in [5.74, 6) is -0.540. The van der Waals surface area contributed by atoms with Gasteiger partial charge in [0, 0.05) is 28.8 Å². The van der Waals surface area contributed by atoms with Crippen molar-refractivity contribution in [2.45, 2.75) is 19.0 Å². The van der Waals surface area contributed by atoms with Crippen LogP contribution in [0.2, 0.25) is 0 Å². The van der Waals surface area contributed by atoms with Crippen molar-refractivity contribution in [2.24, 2.45) is 0 Å². The summed E-state index contributed by atoms with van der Waals surface area (Å²) in [5, 5.41) is 20.9. The predicted octanol–water partition coefficient (Wildman–Crippen LogP) is 4.44. The number of non-ortho nitro benzene ring substituents is 1. The average molecular weight is 424 g/mol. The van der Waals surface area contributed by atoms with Gasteiger partial charge < -0.3 is 5.32 Å². The Morgan fingerprint density at radius 2 is 2.03 bits per heavy atom. The molecule has 2 aromatic heterocycles. The van der Waals surface area contributed by atoms with Crippen LogP contribution in [0.4, 0.5) is 10.1 Å². The van der Waals surface area contributed by atoms with Gasteiger partial charge in [-0.15, -0.1) is 11.3 Å². The Kier molecular flexibility index (Phi) is 5.53. The van der Waals surface area contributed by atoms with Gasteiger partial charge in [0.1, 0.15) is 5.82 Å². The number of carbonyl (C=O) groups is 1. The number of aromatic nitrogens is 2. The fraction of sp³-hybridized carbons (Fsp3) is 0.143. The first-order valence-electron chi connectivity index (χ1n) is 9.19. The number of fused-ring (bicyclic) bond motifs is 1. The average Bonchev–Trinajstić information content (AvgIpc) is 3.41. The third kappa shape index (κ3) is 4.20. The van der Waals surface area contributed by atoms with Crippen LogP contribution >= 0.6 is 11.3 Å². The molecule has 0 spiro atoms. The molecule has 2 aromatic carbocycles. The van der Waals surface area contributed by atoms with E-state index in [9.17, 15) is 19.3 Å². The van der Waals surface area contributed by atoms with Crippen molar-refractivity contribution < 1.29 is 14.1 Å². The third-order valence-corrected chi connectivity index (χ3v) is 5.66. The minimum absolute atomic E-state index is 0.0252. The van der Waals surface area contributed by atoms with Gasteiger partial charge >= 0.3 is 0 Å². The molecule has 0 saturated heterocycles. The molecule has 1 atom stereocenters. The van der Waals surface area contributed by atoms with E-state index in [1.807, 2.05) is 17.5 Å². The van der Waals surface area contributed by atoms with Crippen molar-refractivity contribution in [3.8, 4) is 0 Å². The summed E-state index contributed by atoms with van der Waals surface area (Å²) in [7, 11) is 0. The van der Waals surface area contributed by atoms with Gasteiger partial charge in [-0.25, -0.2) is 4.39 Å². The van der Waals surface area contributed by atoms with Crippen LogP contribution in [0.15, 0.2) is 66.2 Å². The summed E-state index contributed by atoms with van der Waals surface area (Å²) in [6.07, 6.45) is 1.76. The summed E-state index contributed by atoms with van der Waals surface area (Å²) in [5.41, 5.74) is 1.36. The number of rotatable bonds is 7. The van der Waals surface area contributed by atoms with Crippen molar-refractivity contribution >= 4 is 33.8 Å². The summed E-state index contributed by atoms with van der Waals surface area (Å²) in [6.45, 7) is 0.275. The van der Waals surface area contributed by atoms with Crippen molar-refractivity contribution in [3.63, 3.8) is 0 Å². The lowest BCUT2D eigenvalue weighted by Gasteiger charge is -2.18. The van der Waals surface area contributed by atoms with E-state index >= 15 is 0 Å². The zero-order valence-electron chi connectivity index (χ0n) is 15.7. The molecule has 0 fully saturated rings. The number of hydrogen-bond donors (Lipinski definition) is 1. The molecule has 152 valence electrons. The largest absolute Gasteiger partial charge is 0.344 e. The normalized spacial score (nSPS) is 12.0. The molecule has 0 saturated carbocycles. The molecule has 2 heterocycles. The standard InChI is InChI=1S/C21H17FN4O3S/c22-16-6-3-14(4-7-16)21(19-2-1-11-30-19)24-20(27)9-10-25-18-12-17(26(28)29)8-5-15(18)13-23-25/h1-8,11-13,21H,9-10H2,(H,24,27). The summed E-state index contributed by atoms with van der Waals surface area (Å²) >= 11 is 1.50. The third-order valence-electron chi connectivity index (χ3n) is 4.73. The first-order chi connectivity index (χ1) is 14.5. The molecule has 4 aromatic rings. The van der Waals surface area contributed by atoms with Crippen molar-refractivity contribution in [1.29, 1.82) is 0 Å². The monoisotopic (exact) mass is 424 g/mol. The molecule has 0 aliphatic carbocycles. The maximum Gasteiger partial charge on any atom is 0.271 e. The van der Waals surface area contributed by atoms with E-state index in [1.165, 1.54) is 35.6 Å². The van der Waals surface area contributed by atoms with Gasteiger partial charge in [-0.3, -0.25) is 19.6 Å². The number of thiophene rings is 1. The molecule has 30 heavy (non-hydrogen) atoms. The Bertz CT molecular complexity index is 1190. The minimum atomic E-state index is -0.461. The van der Waals surface area contributed by atoms with E-state index in [2.05, 4.69) is 10.4 Å². The first kappa shape index (κ1) is 19.7. The van der Waals surface area contributed by atoms with E-state index in [0.717, 1.165) is 15.8 Å². The SMILES string of the molecule is O=C(CCn1ncc2ccc([N+](=O)[O-])cc21)NC(c1ccc(F)cc1)c1cccs1. The van der Waals surface area contributed by atoms with Crippen molar-refractivity contribution in [1.82, 2.24) is 15.1 Å². The zero-order chi connectivity index (χ0) is 21.1. The van der Waals surface area contributed by atoms with E-state index in [4.69, 9.17) is 0 Å². The van der Waals surface area contributed by atoms with Gasteiger partial charge in [-0.05, 0) is 35.2 Å². The van der Waals surface area contributed by atoms with Gasteiger partial charge in [0.2, 0.25) is 5.91 Å². The van der Waals surface area contributed by atoms with Crippen molar-refractivity contribution in [3.05, 3.63) is 92.5 Å². The molecule has 4 rings (SSSR count). The Labute approximate surface area is 174 Å². The van der Waals surface area contributed by atoms with Gasteiger partial charge in [0.15, 0.2) is 0 Å². The molecule has 9 heteroatoms. The molecule has 1 unspecified atom stereocenters. The van der Waals surface area contributed by atoms with Crippen LogP contribution in [0.25, 0.3) is 10.9 Å². The highest BCUT2D eigenvalue weighted by atomic mass is 32.1. The number of nitrogens with one attached hydrogen (secondary N) is 1. The van der Waals surface area contributed by atoms with Crippen LogP contribution in [0.5, 0.6) is 0 Å². The van der Waals surface area contributed by atoms with E-state index < -0.39 is 4.92 Å². The van der Waals surface area contributed by atoms with Gasteiger partial charge in [0.25, 0.3) is 5.69 Å². The molecule has 0 bridgehead atoms. The van der Waals surface area contributed by atoms with Crippen LogP contribution in [0.3, 0.4) is 0 Å². The molecule has 0 aliphatic rings. The van der Waals surface area contributed by atoms with Crippen LogP contribution in [0, 0.1) is 15.9 Å². The van der Waals surface area contributed by atoms with E-state index in [0.29, 0.717) is 5.52 Å². The Hall–Kier alpha value is -3.59. The van der Waals surface area contributed by atoms with Crippen LogP contribution in [-0.2, 0) is 11.3 Å². The Morgan fingerprint density at radius 1 is 1.23 bits per heavy atom. The smallest absolute Gasteiger partial charge is 0.271 e. The van der Waals surface area contributed by atoms with Crippen LogP contribution < -0.4 is 5.32 Å². The van der Waals surface area contributed by atoms with E-state index in [1.54, 1.807) is 29.1 Å². The van der Waals surface area contributed by atoms with Crippen molar-refractivity contribution in [2.75, 3.05) is 0 Å². The second kappa shape index (κ2) is 8.42. The zero-order valence-corrected chi connectivity index (χ0v) is 16.5. The quantitative estimate of drug-likeness (QED) is 0.351. The number of nitro benzene ring substituents is 1. The molecule has 1 N–H and O–H groups in total. The summed E-state index contributed by atoms with van der Waals surface area (Å²) in [6, 6.07) is 14.0. The fourth-order valence-corrected chi connectivity index (χ4v) is 4.02. The number of hydrogen-bond acceptors (Lipinski definition) is 5. The highest BCUT2D eigenvalue weighted by molar-refractivity contribution is 7.10. The second-order valence-electron chi connectivity index (χ2n) is 6.69. The maximum absolute atomic E-state index is 13.3. The number of halogens is 1. The molecule has 7 nitrogen and oxygen atoms in total. The lowest BCUT2D eigenvalue weighted by molar-refractivity contribution is -0.384. The van der Waals surface area contributed by atoms with Crippen LogP contribution in [0.1, 0.15) is 22.9 Å². The van der Waals surface area contributed by atoms with E-state index in [-0.39, 0.29) is 36.4 Å². The second-order valence-corrected chi connectivity index (χ2v) is 7.66. The molecular weight excluding hydrogens is 407 g/mol. The first-order valence-corrected chi connectivity index (χ1v) is 10.1. The summed E-state index contributed by atoms with van der Waals surface area (Å²) in [4.78, 5) is 24.2. The topological polar surface area (TPSA) is 90.1 Å². The number of amides is 1. The molecular formula is C21H17FN4O3S. The summed E-state index contributed by atoms with van der Waals surface area (Å²) < 4.78 is 14.9. The maximum atomic E-state index is 13.3. The molecule has 1 amide bonds. The van der Waals surface area contributed by atoms with Gasteiger partial charge in [-0.2, -0.15) is 5.10 Å². The molecule has 0 aliphatic heterocycles. The van der Waals surface area contributed by atoms with Crippen LogP contribution in [-0.4, -0.2) is 20.6 Å². The van der Waals surface area contributed by atoms with Gasteiger partial charge in [-0.1, -0.05) is 18.2 Å².